The monoisotopic (exact) mass is 500 g/mol. The maximum absolute atomic E-state index is 9.36. The van der Waals surface area contributed by atoms with E-state index in [0.29, 0.717) is 24.0 Å². The summed E-state index contributed by atoms with van der Waals surface area (Å²) in [5, 5.41) is 18.7. The highest BCUT2D eigenvalue weighted by atomic mass is 16.5. The van der Waals surface area contributed by atoms with Crippen LogP contribution in [-0.2, 0) is 0 Å². The molecule has 1 aliphatic heterocycles. The van der Waals surface area contributed by atoms with Crippen LogP contribution in [-0.4, -0.2) is 52.2 Å². The van der Waals surface area contributed by atoms with Crippen LogP contribution in [0.2, 0.25) is 0 Å². The largest absolute Gasteiger partial charge is 0.478 e. The van der Waals surface area contributed by atoms with Gasteiger partial charge in [-0.25, -0.2) is 4.98 Å². The number of nitrogens with zero attached hydrogens (tertiary/aromatic N) is 4. The Morgan fingerprint density at radius 3 is 2.59 bits per heavy atom. The van der Waals surface area contributed by atoms with Crippen molar-refractivity contribution in [3.8, 4) is 23.1 Å². The van der Waals surface area contributed by atoms with Crippen LogP contribution in [0, 0.1) is 23.2 Å². The van der Waals surface area contributed by atoms with Gasteiger partial charge in [0.1, 0.15) is 5.65 Å². The molecule has 6 heteroatoms. The molecule has 1 saturated heterocycles. The second-order valence-electron chi connectivity index (χ2n) is 11.1. The lowest BCUT2D eigenvalue weighted by Gasteiger charge is -2.32. The average molecular weight is 501 g/mol. The number of pyridine rings is 1. The zero-order valence-corrected chi connectivity index (χ0v) is 22.1. The summed E-state index contributed by atoms with van der Waals surface area (Å²) in [5.41, 5.74) is 5.30. The first-order valence-electron chi connectivity index (χ1n) is 14.1. The lowest BCUT2D eigenvalue weighted by molar-refractivity contribution is 0.109. The van der Waals surface area contributed by atoms with E-state index in [0.717, 1.165) is 55.5 Å². The van der Waals surface area contributed by atoms with E-state index in [4.69, 9.17) is 9.72 Å². The van der Waals surface area contributed by atoms with Crippen LogP contribution in [0.1, 0.15) is 75.3 Å². The lowest BCUT2D eigenvalue weighted by Crippen LogP contribution is -2.39. The number of likely N-dealkylation sites (tertiary alicyclic amines) is 1. The second kappa shape index (κ2) is 12.1. The minimum Gasteiger partial charge on any atom is -0.478 e. The molecule has 0 bridgehead atoms. The highest BCUT2D eigenvalue weighted by molar-refractivity contribution is 5.76. The molecule has 1 aliphatic carbocycles. The molecule has 1 aromatic carbocycles. The van der Waals surface area contributed by atoms with Crippen LogP contribution in [0.25, 0.3) is 16.8 Å². The summed E-state index contributed by atoms with van der Waals surface area (Å²) in [6.45, 7) is 6.01. The Morgan fingerprint density at radius 1 is 1.08 bits per heavy atom. The van der Waals surface area contributed by atoms with Crippen LogP contribution in [0.3, 0.4) is 0 Å². The van der Waals surface area contributed by atoms with Crippen molar-refractivity contribution in [1.82, 2.24) is 14.3 Å². The smallest absolute Gasteiger partial charge is 0.199 e. The fourth-order valence-electron chi connectivity index (χ4n) is 6.39. The minimum atomic E-state index is 0.207. The number of hydrogen-bond donors (Lipinski definition) is 1. The van der Waals surface area contributed by atoms with Crippen molar-refractivity contribution in [3.63, 3.8) is 0 Å². The Labute approximate surface area is 220 Å². The maximum Gasteiger partial charge on any atom is 0.199 e. The zero-order chi connectivity index (χ0) is 25.6. The SMILES string of the molecule is CC1CCCC(c2c(-c3ccc(C#N)cc3)cc(OCC3CCCN(CCO)C3)n3ccnc23)CCC1. The number of hydrogen-bond acceptors (Lipinski definition) is 5. The first-order chi connectivity index (χ1) is 18.2. The molecule has 2 aromatic heterocycles. The molecule has 1 N–H and O–H groups in total. The van der Waals surface area contributed by atoms with E-state index in [-0.39, 0.29) is 6.61 Å². The maximum atomic E-state index is 9.36. The van der Waals surface area contributed by atoms with E-state index in [2.05, 4.69) is 40.5 Å². The molecule has 2 fully saturated rings. The minimum absolute atomic E-state index is 0.207. The van der Waals surface area contributed by atoms with Crippen LogP contribution >= 0.6 is 0 Å². The summed E-state index contributed by atoms with van der Waals surface area (Å²) in [7, 11) is 0. The third kappa shape index (κ3) is 6.00. The summed E-state index contributed by atoms with van der Waals surface area (Å²) in [6.07, 6.45) is 13.7. The van der Waals surface area contributed by atoms with Gasteiger partial charge in [0.2, 0.25) is 0 Å². The van der Waals surface area contributed by atoms with Gasteiger partial charge in [0.15, 0.2) is 5.88 Å². The van der Waals surface area contributed by atoms with Gasteiger partial charge < -0.3 is 14.7 Å². The number of β-amino-alcohol motifs (C(OH)–C–C–N with tert-alkyl or cyclic N) is 1. The normalized spacial score (nSPS) is 23.3. The molecule has 0 amide bonds. The van der Waals surface area contributed by atoms with E-state index in [1.165, 1.54) is 49.7 Å². The standard InChI is InChI=1S/C31H40N4O2/c1-23-5-2-8-27(9-3-6-23)30-28(26-12-10-24(20-32)11-13-26)19-29(35-16-14-33-31(30)35)37-22-25-7-4-15-34(21-25)17-18-36/h10-14,16,19,23,25,27,36H,2-9,15,17-18,21-22H2,1H3. The van der Waals surface area contributed by atoms with Gasteiger partial charge in [-0.05, 0) is 67.3 Å². The number of aromatic nitrogens is 2. The molecule has 196 valence electrons. The predicted molar refractivity (Wildman–Crippen MR) is 147 cm³/mol. The fourth-order valence-corrected chi connectivity index (χ4v) is 6.39. The lowest BCUT2D eigenvalue weighted by atomic mass is 9.80. The van der Waals surface area contributed by atoms with Gasteiger partial charge in [-0.2, -0.15) is 5.26 Å². The highest BCUT2D eigenvalue weighted by Crippen LogP contribution is 2.41. The molecule has 1 unspecified atom stereocenters. The van der Waals surface area contributed by atoms with E-state index in [1.54, 1.807) is 0 Å². The summed E-state index contributed by atoms with van der Waals surface area (Å²) < 4.78 is 8.67. The predicted octanol–water partition coefficient (Wildman–Crippen LogP) is 6.03. The van der Waals surface area contributed by atoms with E-state index >= 15 is 0 Å². The quantitative estimate of drug-likeness (QED) is 0.429. The van der Waals surface area contributed by atoms with Gasteiger partial charge in [0, 0.05) is 43.0 Å². The van der Waals surface area contributed by atoms with E-state index in [1.807, 2.05) is 24.5 Å². The molecule has 3 aromatic rings. The molecular weight excluding hydrogens is 460 g/mol. The summed E-state index contributed by atoms with van der Waals surface area (Å²) >= 11 is 0. The Hall–Kier alpha value is -2.88. The topological polar surface area (TPSA) is 73.8 Å². The molecule has 0 radical (unpaired) electrons. The Bertz CT molecular complexity index is 1200. The zero-order valence-electron chi connectivity index (χ0n) is 22.1. The number of piperidine rings is 1. The highest BCUT2D eigenvalue weighted by Gasteiger charge is 2.26. The molecule has 6 nitrogen and oxygen atoms in total. The first kappa shape index (κ1) is 25.8. The van der Waals surface area contributed by atoms with Crippen LogP contribution in [0.15, 0.2) is 42.7 Å². The number of rotatable bonds is 7. The average Bonchev–Trinajstić information content (AvgIpc) is 3.40. The first-order valence-corrected chi connectivity index (χ1v) is 14.1. The molecule has 0 spiro atoms. The number of nitriles is 1. The van der Waals surface area contributed by atoms with Gasteiger partial charge >= 0.3 is 0 Å². The third-order valence-corrected chi connectivity index (χ3v) is 8.40. The molecule has 1 atom stereocenters. The van der Waals surface area contributed by atoms with Crippen LogP contribution in [0.4, 0.5) is 0 Å². The Balaban J connectivity index is 1.50. The van der Waals surface area contributed by atoms with Crippen LogP contribution in [0.5, 0.6) is 5.88 Å². The van der Waals surface area contributed by atoms with Crippen molar-refractivity contribution in [2.45, 2.75) is 64.2 Å². The van der Waals surface area contributed by atoms with Gasteiger partial charge in [0.05, 0.1) is 24.8 Å². The molecule has 3 heterocycles. The summed E-state index contributed by atoms with van der Waals surface area (Å²) in [6, 6.07) is 12.4. The number of fused-ring (bicyclic) bond motifs is 1. The number of aliphatic hydroxyl groups is 1. The van der Waals surface area contributed by atoms with Gasteiger partial charge in [-0.3, -0.25) is 4.40 Å². The molecule has 5 rings (SSSR count). The molecule has 2 aliphatic rings. The number of imidazole rings is 1. The fraction of sp³-hybridized carbons (Fsp3) is 0.548. The number of benzene rings is 1. The molecule has 37 heavy (non-hydrogen) atoms. The van der Waals surface area contributed by atoms with Gasteiger partial charge in [-0.1, -0.05) is 44.7 Å². The van der Waals surface area contributed by atoms with Crippen molar-refractivity contribution in [1.29, 1.82) is 5.26 Å². The van der Waals surface area contributed by atoms with Crippen molar-refractivity contribution < 1.29 is 9.84 Å². The van der Waals surface area contributed by atoms with E-state index in [9.17, 15) is 10.4 Å². The van der Waals surface area contributed by atoms with Gasteiger partial charge in [-0.15, -0.1) is 0 Å². The summed E-state index contributed by atoms with van der Waals surface area (Å²) in [4.78, 5) is 7.21. The van der Waals surface area contributed by atoms with Crippen molar-refractivity contribution >= 4 is 5.65 Å². The Kier molecular flexibility index (Phi) is 8.43. The number of ether oxygens (including phenoxy) is 1. The van der Waals surface area contributed by atoms with Gasteiger partial charge in [0.25, 0.3) is 0 Å². The third-order valence-electron chi connectivity index (χ3n) is 8.40. The van der Waals surface area contributed by atoms with Crippen molar-refractivity contribution in [2.75, 3.05) is 32.8 Å². The second-order valence-corrected chi connectivity index (χ2v) is 11.1. The van der Waals surface area contributed by atoms with E-state index < -0.39 is 0 Å². The summed E-state index contributed by atoms with van der Waals surface area (Å²) in [5.74, 6) is 2.55. The Morgan fingerprint density at radius 2 is 1.86 bits per heavy atom. The number of aliphatic hydroxyl groups excluding tert-OH is 1. The molecule has 1 saturated carbocycles. The van der Waals surface area contributed by atoms with Crippen molar-refractivity contribution in [3.05, 3.63) is 53.9 Å². The van der Waals surface area contributed by atoms with Crippen molar-refractivity contribution in [2.24, 2.45) is 11.8 Å². The van der Waals surface area contributed by atoms with Crippen LogP contribution < -0.4 is 4.74 Å². The molecular formula is C31H40N4O2.